The van der Waals surface area contributed by atoms with Crippen molar-refractivity contribution < 1.29 is 19.1 Å². The average Bonchev–Trinajstić information content (AvgIpc) is 3.43. The highest BCUT2D eigenvalue weighted by molar-refractivity contribution is 6.32. The number of benzene rings is 1. The lowest BCUT2D eigenvalue weighted by atomic mass is 10.1. The lowest BCUT2D eigenvalue weighted by Crippen LogP contribution is -2.37. The largest absolute Gasteiger partial charge is 0.489 e. The van der Waals surface area contributed by atoms with Crippen molar-refractivity contribution in [2.24, 2.45) is 0 Å². The topological polar surface area (TPSA) is 74.9 Å². The van der Waals surface area contributed by atoms with Gasteiger partial charge in [-0.05, 0) is 56.0 Å². The van der Waals surface area contributed by atoms with E-state index in [1.807, 2.05) is 12.1 Å². The van der Waals surface area contributed by atoms with Crippen LogP contribution in [-0.2, 0) is 13.2 Å². The van der Waals surface area contributed by atoms with Crippen molar-refractivity contribution in [3.63, 3.8) is 0 Å². The van der Waals surface area contributed by atoms with E-state index < -0.39 is 0 Å². The Hall–Kier alpha value is -2.02. The maximum atomic E-state index is 12.4. The number of carbonyl (C=O) groups excluding carboxylic acids is 1. The lowest BCUT2D eigenvalue weighted by Gasteiger charge is -2.31. The Balaban J connectivity index is 1.26. The first-order valence-electron chi connectivity index (χ1n) is 10.8. The Labute approximate surface area is 182 Å². The first-order chi connectivity index (χ1) is 14.6. The number of hydrogen-bond acceptors (Lipinski definition) is 5. The van der Waals surface area contributed by atoms with Gasteiger partial charge < -0.3 is 19.6 Å². The number of halogens is 1. The standard InChI is InChI=1S/C23H29ClN2O4/c24-21-13-16(23(28)25-17-3-1-2-4-17)5-8-22(21)30-18-9-11-26(12-10-18)14-19-6-7-20(15-27)29-19/h5-8,13,17-18,27H,1-4,9-12,14-15H2,(H,25,28). The van der Waals surface area contributed by atoms with E-state index in [-0.39, 0.29) is 24.7 Å². The molecule has 1 aromatic carbocycles. The summed E-state index contributed by atoms with van der Waals surface area (Å²) in [6, 6.07) is 9.30. The highest BCUT2D eigenvalue weighted by Crippen LogP contribution is 2.29. The van der Waals surface area contributed by atoms with Gasteiger partial charge in [0.25, 0.3) is 5.91 Å². The molecule has 1 aromatic heterocycles. The van der Waals surface area contributed by atoms with Gasteiger partial charge in [0.2, 0.25) is 0 Å². The first kappa shape index (κ1) is 21.2. The summed E-state index contributed by atoms with van der Waals surface area (Å²) in [4.78, 5) is 14.7. The Bertz CT molecular complexity index is 855. The van der Waals surface area contributed by atoms with E-state index in [0.29, 0.717) is 22.1 Å². The number of amides is 1. The Morgan fingerprint density at radius 2 is 1.87 bits per heavy atom. The van der Waals surface area contributed by atoms with Gasteiger partial charge in [-0.3, -0.25) is 9.69 Å². The van der Waals surface area contributed by atoms with Gasteiger partial charge in [-0.1, -0.05) is 24.4 Å². The molecule has 1 aliphatic heterocycles. The summed E-state index contributed by atoms with van der Waals surface area (Å²) in [5, 5.41) is 12.7. The molecule has 0 radical (unpaired) electrons. The van der Waals surface area contributed by atoms with Crippen LogP contribution in [0.4, 0.5) is 0 Å². The molecule has 0 spiro atoms. The molecule has 2 aromatic rings. The first-order valence-corrected chi connectivity index (χ1v) is 11.2. The third-order valence-corrected chi connectivity index (χ3v) is 6.26. The Morgan fingerprint density at radius 1 is 1.13 bits per heavy atom. The predicted molar refractivity (Wildman–Crippen MR) is 115 cm³/mol. The fourth-order valence-electron chi connectivity index (χ4n) is 4.25. The molecular formula is C23H29ClN2O4. The molecule has 162 valence electrons. The number of nitrogens with zero attached hydrogens (tertiary/aromatic N) is 1. The zero-order valence-corrected chi connectivity index (χ0v) is 17.9. The van der Waals surface area contributed by atoms with Crippen LogP contribution in [0.1, 0.15) is 60.4 Å². The molecule has 1 amide bonds. The minimum Gasteiger partial charge on any atom is -0.489 e. The number of hydrogen-bond donors (Lipinski definition) is 2. The van der Waals surface area contributed by atoms with E-state index in [2.05, 4.69) is 10.2 Å². The van der Waals surface area contributed by atoms with E-state index in [0.717, 1.165) is 51.1 Å². The summed E-state index contributed by atoms with van der Waals surface area (Å²) in [7, 11) is 0. The number of furan rings is 1. The molecule has 2 heterocycles. The molecule has 2 fully saturated rings. The molecule has 30 heavy (non-hydrogen) atoms. The van der Waals surface area contributed by atoms with Crippen LogP contribution < -0.4 is 10.1 Å². The fourth-order valence-corrected chi connectivity index (χ4v) is 4.48. The summed E-state index contributed by atoms with van der Waals surface area (Å²) < 4.78 is 11.7. The quantitative estimate of drug-likeness (QED) is 0.687. The SMILES string of the molecule is O=C(NC1CCCC1)c1ccc(OC2CCN(Cc3ccc(CO)o3)CC2)c(Cl)c1. The fraction of sp³-hybridized carbons (Fsp3) is 0.522. The van der Waals surface area contributed by atoms with Gasteiger partial charge in [0.1, 0.15) is 30.0 Å². The number of ether oxygens (including phenoxy) is 1. The molecule has 1 saturated carbocycles. The van der Waals surface area contributed by atoms with Gasteiger partial charge in [-0.15, -0.1) is 0 Å². The minimum absolute atomic E-state index is 0.0639. The summed E-state index contributed by atoms with van der Waals surface area (Å²) >= 11 is 6.41. The third-order valence-electron chi connectivity index (χ3n) is 5.97. The van der Waals surface area contributed by atoms with E-state index >= 15 is 0 Å². The van der Waals surface area contributed by atoms with Crippen LogP contribution in [0, 0.1) is 0 Å². The smallest absolute Gasteiger partial charge is 0.251 e. The third kappa shape index (κ3) is 5.36. The van der Waals surface area contributed by atoms with Crippen molar-refractivity contribution in [3.05, 3.63) is 52.4 Å². The zero-order chi connectivity index (χ0) is 20.9. The van der Waals surface area contributed by atoms with Gasteiger partial charge in [0.15, 0.2) is 0 Å². The number of piperidine rings is 1. The summed E-state index contributed by atoms with van der Waals surface area (Å²) in [6.45, 7) is 2.47. The molecule has 0 unspecified atom stereocenters. The van der Waals surface area contributed by atoms with Crippen LogP contribution in [0.25, 0.3) is 0 Å². The number of aliphatic hydroxyl groups is 1. The highest BCUT2D eigenvalue weighted by atomic mass is 35.5. The maximum Gasteiger partial charge on any atom is 0.251 e. The Kier molecular flexibility index (Phi) is 6.97. The van der Waals surface area contributed by atoms with Crippen LogP contribution in [0.15, 0.2) is 34.7 Å². The van der Waals surface area contributed by atoms with E-state index in [1.165, 1.54) is 12.8 Å². The second-order valence-corrected chi connectivity index (χ2v) is 8.63. The average molecular weight is 433 g/mol. The van der Waals surface area contributed by atoms with Crippen molar-refractivity contribution in [1.82, 2.24) is 10.2 Å². The van der Waals surface area contributed by atoms with Gasteiger partial charge in [0, 0.05) is 24.7 Å². The van der Waals surface area contributed by atoms with Crippen LogP contribution in [0.3, 0.4) is 0 Å². The normalized spacial score (nSPS) is 18.6. The number of nitrogens with one attached hydrogen (secondary N) is 1. The molecule has 2 aliphatic rings. The summed E-state index contributed by atoms with van der Waals surface area (Å²) in [6.07, 6.45) is 6.37. The van der Waals surface area contributed by atoms with Crippen molar-refractivity contribution in [2.45, 2.75) is 63.8 Å². The van der Waals surface area contributed by atoms with Crippen LogP contribution in [0.2, 0.25) is 5.02 Å². The highest BCUT2D eigenvalue weighted by Gasteiger charge is 2.23. The molecule has 6 nitrogen and oxygen atoms in total. The Morgan fingerprint density at radius 3 is 2.53 bits per heavy atom. The zero-order valence-electron chi connectivity index (χ0n) is 17.1. The number of rotatable bonds is 7. The number of carbonyl (C=O) groups is 1. The molecular weight excluding hydrogens is 404 g/mol. The number of likely N-dealkylation sites (tertiary alicyclic amines) is 1. The molecule has 4 rings (SSSR count). The van der Waals surface area contributed by atoms with Gasteiger partial charge >= 0.3 is 0 Å². The van der Waals surface area contributed by atoms with Gasteiger partial charge in [-0.2, -0.15) is 0 Å². The monoisotopic (exact) mass is 432 g/mol. The molecule has 1 aliphatic carbocycles. The molecule has 2 N–H and O–H groups in total. The summed E-state index contributed by atoms with van der Waals surface area (Å²) in [5.41, 5.74) is 0.578. The predicted octanol–water partition coefficient (Wildman–Crippen LogP) is 4.14. The van der Waals surface area contributed by atoms with Crippen molar-refractivity contribution in [1.29, 1.82) is 0 Å². The maximum absolute atomic E-state index is 12.4. The molecule has 0 bridgehead atoms. The van der Waals surface area contributed by atoms with E-state index in [1.54, 1.807) is 18.2 Å². The van der Waals surface area contributed by atoms with Crippen molar-refractivity contribution in [3.8, 4) is 5.75 Å². The minimum atomic E-state index is -0.0717. The van der Waals surface area contributed by atoms with Crippen LogP contribution >= 0.6 is 11.6 Å². The van der Waals surface area contributed by atoms with Crippen molar-refractivity contribution in [2.75, 3.05) is 13.1 Å². The molecule has 0 atom stereocenters. The molecule has 1 saturated heterocycles. The lowest BCUT2D eigenvalue weighted by molar-refractivity contribution is 0.0919. The van der Waals surface area contributed by atoms with E-state index in [9.17, 15) is 4.79 Å². The van der Waals surface area contributed by atoms with Gasteiger partial charge in [0.05, 0.1) is 11.6 Å². The van der Waals surface area contributed by atoms with Crippen LogP contribution in [0.5, 0.6) is 5.75 Å². The van der Waals surface area contributed by atoms with Crippen molar-refractivity contribution >= 4 is 17.5 Å². The van der Waals surface area contributed by atoms with E-state index in [4.69, 9.17) is 25.9 Å². The summed E-state index contributed by atoms with van der Waals surface area (Å²) in [5.74, 6) is 2.03. The van der Waals surface area contributed by atoms with Gasteiger partial charge in [-0.25, -0.2) is 0 Å². The second kappa shape index (κ2) is 9.86. The number of aliphatic hydroxyl groups excluding tert-OH is 1. The molecule has 7 heteroatoms. The second-order valence-electron chi connectivity index (χ2n) is 8.22. The van der Waals surface area contributed by atoms with Crippen LogP contribution in [-0.4, -0.2) is 41.1 Å².